The number of hydrogen-bond donors (Lipinski definition) is 1. The molecular weight excluding hydrogens is 504 g/mol. The highest BCUT2D eigenvalue weighted by Gasteiger charge is 2.58. The SMILES string of the molecule is CCC[C@H]1C(=O)N(S(C)(=O)=O)[C@H]2CCN(S(=O)(=O)c3ccc(C(=O)NCCN4CCCCC4)cc3)[C@H]12. The van der Waals surface area contributed by atoms with Crippen molar-refractivity contribution in [3.8, 4) is 0 Å². The summed E-state index contributed by atoms with van der Waals surface area (Å²) in [6.45, 7) is 5.43. The smallest absolute Gasteiger partial charge is 0.251 e. The number of likely N-dealkylation sites (tertiary alicyclic amines) is 1. The zero-order valence-corrected chi connectivity index (χ0v) is 22.6. The molecule has 4 rings (SSSR count). The molecule has 0 unspecified atom stereocenters. The van der Waals surface area contributed by atoms with E-state index in [-0.39, 0.29) is 23.8 Å². The molecule has 1 aromatic carbocycles. The Kier molecular flexibility index (Phi) is 8.08. The number of carbonyl (C=O) groups excluding carboxylic acids is 2. The van der Waals surface area contributed by atoms with E-state index in [1.165, 1.54) is 47.8 Å². The van der Waals surface area contributed by atoms with Crippen LogP contribution in [0.3, 0.4) is 0 Å². The molecule has 3 heterocycles. The third kappa shape index (κ3) is 5.32. The van der Waals surface area contributed by atoms with Gasteiger partial charge in [-0.15, -0.1) is 0 Å². The first-order valence-corrected chi connectivity index (χ1v) is 16.0. The van der Waals surface area contributed by atoms with E-state index in [9.17, 15) is 26.4 Å². The van der Waals surface area contributed by atoms with Crippen LogP contribution in [0.2, 0.25) is 0 Å². The van der Waals surface area contributed by atoms with Crippen LogP contribution in [-0.4, -0.2) is 93.2 Å². The average molecular weight is 541 g/mol. The van der Waals surface area contributed by atoms with Crippen LogP contribution in [0.4, 0.5) is 0 Å². The van der Waals surface area contributed by atoms with Crippen molar-refractivity contribution in [3.05, 3.63) is 29.8 Å². The maximum absolute atomic E-state index is 13.6. The first-order valence-electron chi connectivity index (χ1n) is 12.7. The molecule has 200 valence electrons. The summed E-state index contributed by atoms with van der Waals surface area (Å²) in [4.78, 5) is 27.8. The Morgan fingerprint density at radius 2 is 1.69 bits per heavy atom. The molecule has 3 saturated heterocycles. The molecule has 0 bridgehead atoms. The van der Waals surface area contributed by atoms with Gasteiger partial charge < -0.3 is 10.2 Å². The maximum Gasteiger partial charge on any atom is 0.251 e. The largest absolute Gasteiger partial charge is 0.351 e. The summed E-state index contributed by atoms with van der Waals surface area (Å²) in [5, 5.41) is 2.89. The molecular formula is C24H36N4O6S2. The second-order valence-corrected chi connectivity index (χ2v) is 13.7. The van der Waals surface area contributed by atoms with Crippen molar-refractivity contribution >= 4 is 31.9 Å². The zero-order chi connectivity index (χ0) is 26.1. The molecule has 36 heavy (non-hydrogen) atoms. The van der Waals surface area contributed by atoms with E-state index in [0.29, 0.717) is 24.9 Å². The van der Waals surface area contributed by atoms with E-state index in [1.807, 2.05) is 6.92 Å². The normalized spacial score (nSPS) is 25.8. The van der Waals surface area contributed by atoms with Crippen LogP contribution < -0.4 is 5.32 Å². The Morgan fingerprint density at radius 1 is 1.03 bits per heavy atom. The molecule has 3 aliphatic heterocycles. The first kappa shape index (κ1) is 27.0. The number of nitrogens with zero attached hydrogens (tertiary/aromatic N) is 3. The van der Waals surface area contributed by atoms with Crippen molar-refractivity contribution in [1.29, 1.82) is 0 Å². The van der Waals surface area contributed by atoms with Gasteiger partial charge in [-0.05, 0) is 63.0 Å². The number of nitrogens with one attached hydrogen (secondary N) is 1. The molecule has 10 nitrogen and oxygen atoms in total. The van der Waals surface area contributed by atoms with E-state index in [0.717, 1.165) is 30.2 Å². The highest BCUT2D eigenvalue weighted by atomic mass is 32.2. The molecule has 0 radical (unpaired) electrons. The second kappa shape index (κ2) is 10.8. The lowest BCUT2D eigenvalue weighted by Gasteiger charge is -2.27. The van der Waals surface area contributed by atoms with Crippen molar-refractivity contribution in [3.63, 3.8) is 0 Å². The summed E-state index contributed by atoms with van der Waals surface area (Å²) >= 11 is 0. The minimum absolute atomic E-state index is 0.0218. The lowest BCUT2D eigenvalue weighted by atomic mass is 9.95. The van der Waals surface area contributed by atoms with Gasteiger partial charge in [0, 0.05) is 25.2 Å². The molecule has 3 fully saturated rings. The molecule has 0 saturated carbocycles. The van der Waals surface area contributed by atoms with Crippen molar-refractivity contribution in [2.45, 2.75) is 62.4 Å². The van der Waals surface area contributed by atoms with Gasteiger partial charge in [-0.25, -0.2) is 21.1 Å². The Morgan fingerprint density at radius 3 is 2.31 bits per heavy atom. The maximum atomic E-state index is 13.6. The molecule has 2 amide bonds. The standard InChI is InChI=1S/C24H36N4O6S2/c1-3-7-20-22-21(28(24(20)30)35(2,31)32)12-16-27(22)36(33,34)19-10-8-18(9-11-19)23(29)25-13-17-26-14-5-4-6-15-26/h8-11,20-22H,3-7,12-17H2,1-2H3,(H,25,29)/t20-,21+,22-/m1/s1. The summed E-state index contributed by atoms with van der Waals surface area (Å²) < 4.78 is 53.9. The minimum atomic E-state index is -3.99. The van der Waals surface area contributed by atoms with E-state index in [1.54, 1.807) is 0 Å². The number of benzene rings is 1. The molecule has 3 aliphatic rings. The number of hydrogen-bond acceptors (Lipinski definition) is 7. The van der Waals surface area contributed by atoms with Crippen LogP contribution in [0.25, 0.3) is 0 Å². The number of amides is 2. The number of fused-ring (bicyclic) bond motifs is 1. The topological polar surface area (TPSA) is 124 Å². The fourth-order valence-electron chi connectivity index (χ4n) is 5.79. The van der Waals surface area contributed by atoms with Crippen LogP contribution >= 0.6 is 0 Å². The number of piperidine rings is 1. The second-order valence-electron chi connectivity index (χ2n) is 9.94. The summed E-state index contributed by atoms with van der Waals surface area (Å²) in [5.41, 5.74) is 0.370. The van der Waals surface area contributed by atoms with Gasteiger partial charge in [0.05, 0.1) is 29.2 Å². The van der Waals surface area contributed by atoms with Gasteiger partial charge in [-0.3, -0.25) is 9.59 Å². The van der Waals surface area contributed by atoms with Gasteiger partial charge in [0.15, 0.2) is 0 Å². The van der Waals surface area contributed by atoms with E-state index in [2.05, 4.69) is 10.2 Å². The van der Waals surface area contributed by atoms with E-state index in [4.69, 9.17) is 0 Å². The van der Waals surface area contributed by atoms with Crippen LogP contribution in [0.1, 0.15) is 55.8 Å². The van der Waals surface area contributed by atoms with Crippen LogP contribution in [0, 0.1) is 5.92 Å². The third-order valence-electron chi connectivity index (χ3n) is 7.46. The van der Waals surface area contributed by atoms with Gasteiger partial charge in [0.2, 0.25) is 26.0 Å². The fourth-order valence-corrected chi connectivity index (χ4v) is 8.68. The average Bonchev–Trinajstić information content (AvgIpc) is 3.38. The quantitative estimate of drug-likeness (QED) is 0.500. The molecule has 1 aromatic rings. The Bertz CT molecular complexity index is 1180. The van der Waals surface area contributed by atoms with Crippen molar-refractivity contribution in [2.24, 2.45) is 5.92 Å². The van der Waals surface area contributed by atoms with Crippen molar-refractivity contribution in [2.75, 3.05) is 39.0 Å². The Hall–Kier alpha value is -2.02. The lowest BCUT2D eigenvalue weighted by molar-refractivity contribution is -0.128. The van der Waals surface area contributed by atoms with E-state index < -0.39 is 44.0 Å². The first-order chi connectivity index (χ1) is 17.1. The fraction of sp³-hybridized carbons (Fsp3) is 0.667. The summed E-state index contributed by atoms with van der Waals surface area (Å²) in [5.74, 6) is -1.48. The monoisotopic (exact) mass is 540 g/mol. The minimum Gasteiger partial charge on any atom is -0.351 e. The highest BCUT2D eigenvalue weighted by molar-refractivity contribution is 7.89. The van der Waals surface area contributed by atoms with Crippen LogP contribution in [0.15, 0.2) is 29.2 Å². The summed E-state index contributed by atoms with van der Waals surface area (Å²) in [7, 11) is -7.80. The van der Waals surface area contributed by atoms with Crippen LogP contribution in [-0.2, 0) is 24.8 Å². The highest BCUT2D eigenvalue weighted by Crippen LogP contribution is 2.42. The van der Waals surface area contributed by atoms with Crippen molar-refractivity contribution in [1.82, 2.24) is 18.8 Å². The molecule has 3 atom stereocenters. The van der Waals surface area contributed by atoms with Gasteiger partial charge >= 0.3 is 0 Å². The predicted octanol–water partition coefficient (Wildman–Crippen LogP) is 1.25. The Labute approximate surface area is 214 Å². The predicted molar refractivity (Wildman–Crippen MR) is 135 cm³/mol. The molecule has 0 spiro atoms. The van der Waals surface area contributed by atoms with Gasteiger partial charge in [-0.1, -0.05) is 19.8 Å². The number of sulfonamides is 2. The zero-order valence-electron chi connectivity index (χ0n) is 20.9. The van der Waals surface area contributed by atoms with Crippen LogP contribution in [0.5, 0.6) is 0 Å². The summed E-state index contributed by atoms with van der Waals surface area (Å²) in [6.07, 6.45) is 5.91. The summed E-state index contributed by atoms with van der Waals surface area (Å²) in [6, 6.07) is 4.37. The number of carbonyl (C=O) groups is 2. The van der Waals surface area contributed by atoms with Gasteiger partial charge in [0.1, 0.15) is 0 Å². The van der Waals surface area contributed by atoms with E-state index >= 15 is 0 Å². The Balaban J connectivity index is 1.46. The molecule has 1 N–H and O–H groups in total. The number of rotatable bonds is 9. The van der Waals surface area contributed by atoms with Gasteiger partial charge in [-0.2, -0.15) is 4.31 Å². The van der Waals surface area contributed by atoms with Crippen molar-refractivity contribution < 1.29 is 26.4 Å². The lowest BCUT2D eigenvalue weighted by Crippen LogP contribution is -2.43. The molecule has 0 aliphatic carbocycles. The molecule has 0 aromatic heterocycles. The van der Waals surface area contributed by atoms with Gasteiger partial charge in [0.25, 0.3) is 5.91 Å². The third-order valence-corrected chi connectivity index (χ3v) is 10.5. The molecule has 12 heteroatoms.